The van der Waals surface area contributed by atoms with Gasteiger partial charge in [-0.25, -0.2) is 13.6 Å². The highest BCUT2D eigenvalue weighted by Crippen LogP contribution is 2.31. The number of methoxy groups -OCH3 is 1. The molecule has 0 radical (unpaired) electrons. The lowest BCUT2D eigenvalue weighted by Crippen LogP contribution is -2.43. The van der Waals surface area contributed by atoms with E-state index < -0.39 is 15.3 Å². The molecule has 1 fully saturated rings. The van der Waals surface area contributed by atoms with Crippen LogP contribution < -0.4 is 15.2 Å². The third-order valence-electron chi connectivity index (χ3n) is 3.66. The summed E-state index contributed by atoms with van der Waals surface area (Å²) in [4.78, 5) is 0. The average molecular weight is 302 g/mol. The van der Waals surface area contributed by atoms with Crippen molar-refractivity contribution in [3.8, 4) is 5.75 Å². The molecule has 2 atom stereocenters. The van der Waals surface area contributed by atoms with Crippen molar-refractivity contribution in [2.45, 2.75) is 44.0 Å². The van der Waals surface area contributed by atoms with E-state index in [-0.39, 0.29) is 6.04 Å². The molecule has 1 aromatic rings. The minimum Gasteiger partial charge on any atom is -0.493 e. The smallest absolute Gasteiger partial charge is 0.213 e. The highest BCUT2D eigenvalue weighted by atomic mass is 32.2. The van der Waals surface area contributed by atoms with Gasteiger partial charge in [0.2, 0.25) is 10.0 Å². The van der Waals surface area contributed by atoms with Crippen molar-refractivity contribution in [3.63, 3.8) is 0 Å². The fraction of sp³-hybridized carbons (Fsp3) is 0.750. The zero-order valence-corrected chi connectivity index (χ0v) is 12.7. The van der Waals surface area contributed by atoms with Crippen LogP contribution in [-0.4, -0.2) is 37.1 Å². The van der Waals surface area contributed by atoms with Gasteiger partial charge in [-0.2, -0.15) is 5.10 Å². The summed E-state index contributed by atoms with van der Waals surface area (Å²) in [6.45, 7) is 3.27. The molecule has 2 rings (SSSR count). The minimum absolute atomic E-state index is 0.0528. The second kappa shape index (κ2) is 6.11. The Balaban J connectivity index is 2.15. The number of aryl methyl sites for hydroxylation is 1. The van der Waals surface area contributed by atoms with Crippen molar-refractivity contribution in [1.29, 1.82) is 0 Å². The number of sulfonamides is 1. The van der Waals surface area contributed by atoms with Gasteiger partial charge in [-0.1, -0.05) is 6.92 Å². The van der Waals surface area contributed by atoms with E-state index in [1.807, 2.05) is 4.68 Å². The molecule has 2 heterocycles. The predicted octanol–water partition coefficient (Wildman–Crippen LogP) is 0.383. The molecule has 1 saturated heterocycles. The van der Waals surface area contributed by atoms with Gasteiger partial charge in [0.1, 0.15) is 0 Å². The SMILES string of the molecule is CCCn1ncc(OC)c1C1CCC(S(N)(=O)=O)CN1. The van der Waals surface area contributed by atoms with E-state index in [4.69, 9.17) is 9.88 Å². The normalized spacial score (nSPS) is 23.8. The van der Waals surface area contributed by atoms with Gasteiger partial charge in [-0.15, -0.1) is 0 Å². The maximum atomic E-state index is 11.4. The van der Waals surface area contributed by atoms with E-state index in [9.17, 15) is 8.42 Å². The number of aromatic nitrogens is 2. The molecule has 0 amide bonds. The number of nitrogens with zero attached hydrogens (tertiary/aromatic N) is 2. The Morgan fingerprint density at radius 1 is 1.55 bits per heavy atom. The van der Waals surface area contributed by atoms with Gasteiger partial charge in [0.05, 0.1) is 30.3 Å². The first-order valence-electron chi connectivity index (χ1n) is 6.82. The Kier molecular flexibility index (Phi) is 4.66. The van der Waals surface area contributed by atoms with Crippen LogP contribution in [0.2, 0.25) is 0 Å². The zero-order chi connectivity index (χ0) is 14.8. The molecule has 0 saturated carbocycles. The summed E-state index contributed by atoms with van der Waals surface area (Å²) in [7, 11) is -1.85. The maximum absolute atomic E-state index is 11.4. The van der Waals surface area contributed by atoms with Crippen molar-refractivity contribution in [1.82, 2.24) is 15.1 Å². The number of rotatable bonds is 5. The number of piperidine rings is 1. The molecular formula is C12H22N4O3S. The van der Waals surface area contributed by atoms with Crippen molar-refractivity contribution in [2.24, 2.45) is 5.14 Å². The number of nitrogens with two attached hydrogens (primary N) is 1. The standard InChI is InChI=1S/C12H22N4O3S/c1-3-6-16-12(11(19-2)8-15-16)10-5-4-9(7-14-10)20(13,17)18/h8-10,14H,3-7H2,1-2H3,(H2,13,17,18). The highest BCUT2D eigenvalue weighted by molar-refractivity contribution is 7.89. The number of primary sulfonamides is 1. The quantitative estimate of drug-likeness (QED) is 0.819. The lowest BCUT2D eigenvalue weighted by molar-refractivity contribution is 0.355. The van der Waals surface area contributed by atoms with E-state index in [1.54, 1.807) is 13.3 Å². The van der Waals surface area contributed by atoms with E-state index in [2.05, 4.69) is 17.3 Å². The monoisotopic (exact) mass is 302 g/mol. The van der Waals surface area contributed by atoms with Crippen molar-refractivity contribution >= 4 is 10.0 Å². The number of hydrogen-bond donors (Lipinski definition) is 2. The molecule has 1 aliphatic heterocycles. The third-order valence-corrected chi connectivity index (χ3v) is 5.00. The predicted molar refractivity (Wildman–Crippen MR) is 75.9 cm³/mol. The molecule has 7 nitrogen and oxygen atoms in total. The fourth-order valence-electron chi connectivity index (χ4n) is 2.62. The van der Waals surface area contributed by atoms with Crippen molar-refractivity contribution in [2.75, 3.05) is 13.7 Å². The van der Waals surface area contributed by atoms with E-state index >= 15 is 0 Å². The fourth-order valence-corrected chi connectivity index (χ4v) is 3.41. The molecule has 0 aromatic carbocycles. The van der Waals surface area contributed by atoms with Gasteiger partial charge in [-0.05, 0) is 19.3 Å². The summed E-state index contributed by atoms with van der Waals surface area (Å²) < 4.78 is 30.0. The largest absolute Gasteiger partial charge is 0.493 e. The van der Waals surface area contributed by atoms with Gasteiger partial charge >= 0.3 is 0 Å². The van der Waals surface area contributed by atoms with Crippen molar-refractivity contribution in [3.05, 3.63) is 11.9 Å². The number of ether oxygens (including phenoxy) is 1. The van der Waals surface area contributed by atoms with Crippen LogP contribution in [0.3, 0.4) is 0 Å². The van der Waals surface area contributed by atoms with Crippen molar-refractivity contribution < 1.29 is 13.2 Å². The summed E-state index contributed by atoms with van der Waals surface area (Å²) in [6.07, 6.45) is 3.94. The summed E-state index contributed by atoms with van der Waals surface area (Å²) in [6, 6.07) is 0.0528. The molecular weight excluding hydrogens is 280 g/mol. The maximum Gasteiger partial charge on any atom is 0.213 e. The molecule has 0 aliphatic carbocycles. The van der Waals surface area contributed by atoms with Crippen LogP contribution in [0.15, 0.2) is 6.20 Å². The number of nitrogens with one attached hydrogen (secondary N) is 1. The lowest BCUT2D eigenvalue weighted by Gasteiger charge is -2.29. The van der Waals surface area contributed by atoms with Gasteiger partial charge in [0.25, 0.3) is 0 Å². The van der Waals surface area contributed by atoms with Crippen LogP contribution in [0, 0.1) is 0 Å². The minimum atomic E-state index is -3.47. The van der Waals surface area contributed by atoms with E-state index in [0.29, 0.717) is 19.4 Å². The molecule has 1 aromatic heterocycles. The molecule has 8 heteroatoms. The first-order chi connectivity index (χ1) is 9.47. The lowest BCUT2D eigenvalue weighted by atomic mass is 10.0. The molecule has 114 valence electrons. The molecule has 20 heavy (non-hydrogen) atoms. The van der Waals surface area contributed by atoms with Crippen LogP contribution in [-0.2, 0) is 16.6 Å². The van der Waals surface area contributed by atoms with Gasteiger partial charge in [0, 0.05) is 13.1 Å². The first-order valence-corrected chi connectivity index (χ1v) is 8.43. The summed E-state index contributed by atoms with van der Waals surface area (Å²) in [5.74, 6) is 0.741. The first kappa shape index (κ1) is 15.3. The van der Waals surface area contributed by atoms with Gasteiger partial charge in [-0.3, -0.25) is 4.68 Å². The Bertz CT molecular complexity index is 547. The molecule has 1 aliphatic rings. The topological polar surface area (TPSA) is 99.2 Å². The third kappa shape index (κ3) is 3.13. The Morgan fingerprint density at radius 3 is 2.80 bits per heavy atom. The van der Waals surface area contributed by atoms with Gasteiger partial charge < -0.3 is 10.1 Å². The van der Waals surface area contributed by atoms with Gasteiger partial charge in [0.15, 0.2) is 5.75 Å². The van der Waals surface area contributed by atoms with E-state index in [0.717, 1.165) is 24.4 Å². The highest BCUT2D eigenvalue weighted by Gasteiger charge is 2.31. The Labute approximate surface area is 119 Å². The average Bonchev–Trinajstić information content (AvgIpc) is 2.81. The second-order valence-corrected chi connectivity index (χ2v) is 6.92. The van der Waals surface area contributed by atoms with Crippen LogP contribution in [0.4, 0.5) is 0 Å². The van der Waals surface area contributed by atoms with Crippen LogP contribution in [0.25, 0.3) is 0 Å². The van der Waals surface area contributed by atoms with Crippen LogP contribution in [0.1, 0.15) is 37.9 Å². The molecule has 3 N–H and O–H groups in total. The molecule has 0 bridgehead atoms. The summed E-state index contributed by atoms with van der Waals surface area (Å²) >= 11 is 0. The zero-order valence-electron chi connectivity index (χ0n) is 11.9. The second-order valence-electron chi connectivity index (χ2n) is 5.07. The van der Waals surface area contributed by atoms with Crippen LogP contribution in [0.5, 0.6) is 5.75 Å². The Hall–Kier alpha value is -1.12. The number of hydrogen-bond acceptors (Lipinski definition) is 5. The Morgan fingerprint density at radius 2 is 2.30 bits per heavy atom. The summed E-state index contributed by atoms with van der Waals surface area (Å²) in [5, 5.41) is 12.3. The van der Waals surface area contributed by atoms with E-state index in [1.165, 1.54) is 0 Å². The van der Waals surface area contributed by atoms with Crippen LogP contribution >= 0.6 is 0 Å². The summed E-state index contributed by atoms with van der Waals surface area (Å²) in [5.41, 5.74) is 0.988. The molecule has 0 spiro atoms. The molecule has 2 unspecified atom stereocenters.